The minimum Gasteiger partial charge on any atom is -0.762 e. The fraction of sp³-hybridized carbons (Fsp3) is 0.700. The van der Waals surface area contributed by atoms with Crippen molar-refractivity contribution in [1.29, 1.82) is 15.8 Å². The summed E-state index contributed by atoms with van der Waals surface area (Å²) >= 11 is 0. The zero-order valence-electron chi connectivity index (χ0n) is 8.89. The molecular weight excluding hydrogens is 208 g/mol. The first-order valence-corrected chi connectivity index (χ1v) is 4.90. The normalized spacial score (nSPS) is 10.5. The first-order chi connectivity index (χ1) is 7.63. The van der Waals surface area contributed by atoms with E-state index >= 15 is 0 Å². The summed E-state index contributed by atoms with van der Waals surface area (Å²) in [4.78, 5) is 0. The Labute approximate surface area is 94.5 Å². The topological polar surface area (TPSA) is 118 Å². The number of hydrogen-bond acceptors (Lipinski definition) is 6. The van der Waals surface area contributed by atoms with E-state index < -0.39 is 5.54 Å². The van der Waals surface area contributed by atoms with Gasteiger partial charge in [-0.15, -0.1) is 0 Å². The monoisotopic (exact) mass is 221 g/mol. The molecule has 16 heavy (non-hydrogen) atoms. The lowest BCUT2D eigenvalue weighted by Crippen LogP contribution is -2.43. The van der Waals surface area contributed by atoms with Crippen molar-refractivity contribution < 1.29 is 5.21 Å². The highest BCUT2D eigenvalue weighted by atomic mass is 16.8. The van der Waals surface area contributed by atoms with Crippen LogP contribution in [0.3, 0.4) is 0 Å². The van der Waals surface area contributed by atoms with Gasteiger partial charge in [-0.3, -0.25) is 5.23 Å². The van der Waals surface area contributed by atoms with Crippen LogP contribution < -0.4 is 0 Å². The molecule has 0 aromatic carbocycles. The highest BCUT2D eigenvalue weighted by molar-refractivity contribution is 4.95. The van der Waals surface area contributed by atoms with Crippen LogP contribution in [0.4, 0.5) is 0 Å². The molecule has 6 heteroatoms. The predicted octanol–water partition coefficient (Wildman–Crippen LogP) is 1.83. The van der Waals surface area contributed by atoms with Crippen molar-refractivity contribution in [3.63, 3.8) is 0 Å². The molecular formula is C10H13N4O2-. The molecule has 0 saturated carbocycles. The molecule has 0 aliphatic carbocycles. The second-order valence-electron chi connectivity index (χ2n) is 3.47. The van der Waals surface area contributed by atoms with Crippen molar-refractivity contribution in [2.45, 2.75) is 44.1 Å². The molecule has 0 aliphatic rings. The highest BCUT2D eigenvalue weighted by Crippen LogP contribution is 2.30. The summed E-state index contributed by atoms with van der Waals surface area (Å²) in [5.41, 5.74) is -1.18. The quantitative estimate of drug-likeness (QED) is 0.655. The third-order valence-corrected chi connectivity index (χ3v) is 2.51. The Bertz CT molecular complexity index is 276. The van der Waals surface area contributed by atoms with Crippen LogP contribution in [-0.2, 0) is 0 Å². The van der Waals surface area contributed by atoms with Gasteiger partial charge in [0.05, 0.1) is 18.2 Å². The van der Waals surface area contributed by atoms with Gasteiger partial charge in [0, 0.05) is 24.8 Å². The standard InChI is InChI=1S/C10H13N4O2/c11-7-1-4-10(14(15)16,5-2-8-12)6-3-9-13/h15H,1-6H2/q-1. The molecule has 0 aromatic heterocycles. The molecule has 0 heterocycles. The van der Waals surface area contributed by atoms with Crippen molar-refractivity contribution in [2.75, 3.05) is 0 Å². The lowest BCUT2D eigenvalue weighted by Gasteiger charge is -2.43. The van der Waals surface area contributed by atoms with Gasteiger partial charge in [0.25, 0.3) is 0 Å². The summed E-state index contributed by atoms with van der Waals surface area (Å²) in [7, 11) is 0. The second kappa shape index (κ2) is 7.62. The average Bonchev–Trinajstić information content (AvgIpc) is 2.28. The van der Waals surface area contributed by atoms with E-state index in [1.165, 1.54) is 0 Å². The summed E-state index contributed by atoms with van der Waals surface area (Å²) < 4.78 is 0. The Kier molecular flexibility index (Phi) is 6.83. The molecule has 0 unspecified atom stereocenters. The summed E-state index contributed by atoms with van der Waals surface area (Å²) in [5.74, 6) is 0. The van der Waals surface area contributed by atoms with Crippen molar-refractivity contribution in [3.05, 3.63) is 5.21 Å². The number of rotatable bonds is 7. The molecule has 0 amide bonds. The molecule has 1 N–H and O–H groups in total. The van der Waals surface area contributed by atoms with E-state index in [2.05, 4.69) is 0 Å². The Morgan fingerprint density at radius 1 is 0.938 bits per heavy atom. The number of hydrogen-bond donors (Lipinski definition) is 1. The van der Waals surface area contributed by atoms with Gasteiger partial charge in [0.1, 0.15) is 0 Å². The number of nitriles is 3. The van der Waals surface area contributed by atoms with E-state index in [9.17, 15) is 5.21 Å². The second-order valence-corrected chi connectivity index (χ2v) is 3.47. The first-order valence-electron chi connectivity index (χ1n) is 4.90. The van der Waals surface area contributed by atoms with E-state index in [1.807, 2.05) is 18.2 Å². The van der Waals surface area contributed by atoms with Crippen molar-refractivity contribution in [1.82, 2.24) is 5.23 Å². The number of nitrogens with zero attached hydrogens (tertiary/aromatic N) is 4. The van der Waals surface area contributed by atoms with E-state index in [0.717, 1.165) is 0 Å². The van der Waals surface area contributed by atoms with Gasteiger partial charge in [-0.1, -0.05) is 0 Å². The summed E-state index contributed by atoms with van der Waals surface area (Å²) in [6.07, 6.45) is 0.801. The van der Waals surface area contributed by atoms with Gasteiger partial charge in [-0.2, -0.15) is 15.8 Å². The third-order valence-electron chi connectivity index (χ3n) is 2.51. The third kappa shape index (κ3) is 4.25. The van der Waals surface area contributed by atoms with Gasteiger partial charge in [0.2, 0.25) is 0 Å². The lowest BCUT2D eigenvalue weighted by atomic mass is 9.85. The fourth-order valence-corrected chi connectivity index (χ4v) is 1.53. The van der Waals surface area contributed by atoms with Gasteiger partial charge in [-0.25, -0.2) is 0 Å². The zero-order valence-corrected chi connectivity index (χ0v) is 8.89. The van der Waals surface area contributed by atoms with E-state index in [1.54, 1.807) is 0 Å². The molecule has 0 aliphatic heterocycles. The van der Waals surface area contributed by atoms with Crippen molar-refractivity contribution >= 4 is 0 Å². The van der Waals surface area contributed by atoms with Crippen LogP contribution in [0.2, 0.25) is 0 Å². The van der Waals surface area contributed by atoms with Crippen molar-refractivity contribution in [2.24, 2.45) is 0 Å². The molecule has 0 fully saturated rings. The van der Waals surface area contributed by atoms with Crippen LogP contribution in [0.1, 0.15) is 38.5 Å². The molecule has 0 rings (SSSR count). The van der Waals surface area contributed by atoms with Crippen molar-refractivity contribution in [3.8, 4) is 18.2 Å². The molecule has 0 atom stereocenters. The maximum atomic E-state index is 11.1. The molecule has 0 radical (unpaired) electrons. The maximum Gasteiger partial charge on any atom is 0.0622 e. The van der Waals surface area contributed by atoms with E-state index in [0.29, 0.717) is 0 Å². The lowest BCUT2D eigenvalue weighted by molar-refractivity contribution is -0.139. The van der Waals surface area contributed by atoms with E-state index in [4.69, 9.17) is 21.0 Å². The Morgan fingerprint density at radius 3 is 1.44 bits per heavy atom. The first kappa shape index (κ1) is 14.3. The van der Waals surface area contributed by atoms with Crippen LogP contribution in [0.5, 0.6) is 0 Å². The number of hydroxylamine groups is 2. The maximum absolute atomic E-state index is 11.1. The van der Waals surface area contributed by atoms with Crippen LogP contribution in [0, 0.1) is 39.2 Å². The van der Waals surface area contributed by atoms with Crippen LogP contribution >= 0.6 is 0 Å². The van der Waals surface area contributed by atoms with Gasteiger partial charge < -0.3 is 10.4 Å². The molecule has 0 spiro atoms. The van der Waals surface area contributed by atoms with Gasteiger partial charge in [-0.05, 0) is 19.3 Å². The molecule has 0 aromatic rings. The fourth-order valence-electron chi connectivity index (χ4n) is 1.53. The predicted molar refractivity (Wildman–Crippen MR) is 54.3 cm³/mol. The molecule has 6 nitrogen and oxygen atoms in total. The van der Waals surface area contributed by atoms with E-state index in [-0.39, 0.29) is 43.8 Å². The van der Waals surface area contributed by atoms with Gasteiger partial charge in [0.15, 0.2) is 0 Å². The minimum absolute atomic E-state index is 0.107. The van der Waals surface area contributed by atoms with Gasteiger partial charge >= 0.3 is 0 Å². The summed E-state index contributed by atoms with van der Waals surface area (Å²) in [5, 5.41) is 45.5. The average molecular weight is 221 g/mol. The highest BCUT2D eigenvalue weighted by Gasteiger charge is 2.30. The molecule has 86 valence electrons. The van der Waals surface area contributed by atoms with Crippen LogP contribution in [-0.4, -0.2) is 16.0 Å². The minimum atomic E-state index is -1.18. The zero-order chi connectivity index (χ0) is 12.4. The SMILES string of the molecule is N#CCCC(CCC#N)(CCC#N)N([O-])O. The molecule has 0 bridgehead atoms. The summed E-state index contributed by atoms with van der Waals surface area (Å²) in [6, 6.07) is 5.66. The Morgan fingerprint density at radius 2 is 1.25 bits per heavy atom. The Hall–Kier alpha value is -1.65. The van der Waals surface area contributed by atoms with Crippen LogP contribution in [0.25, 0.3) is 0 Å². The smallest absolute Gasteiger partial charge is 0.0622 e. The van der Waals surface area contributed by atoms with Crippen LogP contribution in [0.15, 0.2) is 0 Å². The summed E-state index contributed by atoms with van der Waals surface area (Å²) in [6.45, 7) is 0. The molecule has 0 saturated heterocycles. The Balaban J connectivity index is 4.69. The largest absolute Gasteiger partial charge is 0.762 e.